The van der Waals surface area contributed by atoms with Crippen molar-refractivity contribution in [2.45, 2.75) is 31.7 Å². The molecule has 1 spiro atoms. The highest BCUT2D eigenvalue weighted by molar-refractivity contribution is 6.37. The SMILES string of the molecule is Cc1ccc2c(c1)C1(CCN(Cc3ccc(C#N)cc3)CC1)CN2C(=O)c1ccc(Cl)cc1Cl. The number of fused-ring (bicyclic) bond motifs is 2. The molecule has 3 aromatic carbocycles. The summed E-state index contributed by atoms with van der Waals surface area (Å²) in [6, 6.07) is 21.4. The maximum absolute atomic E-state index is 13.6. The highest BCUT2D eigenvalue weighted by Crippen LogP contribution is 2.48. The number of hydrogen-bond donors (Lipinski definition) is 0. The Hall–Kier alpha value is -2.84. The van der Waals surface area contributed by atoms with Crippen LogP contribution in [0.2, 0.25) is 10.0 Å². The average molecular weight is 490 g/mol. The van der Waals surface area contributed by atoms with Crippen LogP contribution >= 0.6 is 23.2 Å². The van der Waals surface area contributed by atoms with Crippen molar-refractivity contribution in [1.29, 1.82) is 5.26 Å². The van der Waals surface area contributed by atoms with Crippen molar-refractivity contribution in [1.82, 2.24) is 4.90 Å². The van der Waals surface area contributed by atoms with Gasteiger partial charge in [0.05, 0.1) is 22.2 Å². The number of likely N-dealkylation sites (tertiary alicyclic amines) is 1. The van der Waals surface area contributed by atoms with E-state index in [1.807, 2.05) is 29.2 Å². The molecule has 2 heterocycles. The molecule has 0 atom stereocenters. The van der Waals surface area contributed by atoms with Crippen LogP contribution in [0.25, 0.3) is 0 Å². The third-order valence-electron chi connectivity index (χ3n) is 7.18. The lowest BCUT2D eigenvalue weighted by molar-refractivity contribution is 0.0975. The zero-order chi connectivity index (χ0) is 23.9. The molecule has 1 amide bonds. The Morgan fingerprint density at radius 2 is 1.76 bits per heavy atom. The molecular formula is C28H25Cl2N3O. The standard InChI is InChI=1S/C28H25Cl2N3O/c1-19-2-9-26-24(14-19)28(18-33(26)27(34)23-8-7-22(29)15-25(23)30)10-12-32(13-11-28)17-21-5-3-20(16-31)4-6-21/h2-9,14-15H,10-13,17-18H2,1H3. The number of carbonyl (C=O) groups excluding carboxylic acids is 1. The van der Waals surface area contributed by atoms with Crippen molar-refractivity contribution in [2.24, 2.45) is 0 Å². The number of carbonyl (C=O) groups is 1. The van der Waals surface area contributed by atoms with Crippen LogP contribution in [0.1, 0.15) is 45.5 Å². The molecular weight excluding hydrogens is 465 g/mol. The molecule has 6 heteroatoms. The first kappa shape index (κ1) is 22.9. The van der Waals surface area contributed by atoms with Gasteiger partial charge in [0.15, 0.2) is 0 Å². The number of nitriles is 1. The van der Waals surface area contributed by atoms with E-state index in [-0.39, 0.29) is 11.3 Å². The van der Waals surface area contributed by atoms with Gasteiger partial charge in [0.25, 0.3) is 5.91 Å². The number of nitrogens with zero attached hydrogens (tertiary/aromatic N) is 3. The Labute approximate surface area is 210 Å². The van der Waals surface area contributed by atoms with Gasteiger partial charge in [-0.05, 0) is 80.4 Å². The first-order valence-electron chi connectivity index (χ1n) is 11.5. The number of hydrogen-bond acceptors (Lipinski definition) is 3. The van der Waals surface area contributed by atoms with Crippen LogP contribution in [-0.4, -0.2) is 30.4 Å². The second kappa shape index (κ2) is 9.07. The normalized spacial score (nSPS) is 16.9. The van der Waals surface area contributed by atoms with Crippen molar-refractivity contribution < 1.29 is 4.79 Å². The second-order valence-corrected chi connectivity index (χ2v) is 10.2. The third kappa shape index (κ3) is 4.20. The Morgan fingerprint density at radius 1 is 1.03 bits per heavy atom. The molecule has 0 unspecified atom stereocenters. The highest BCUT2D eigenvalue weighted by Gasteiger charge is 2.46. The van der Waals surface area contributed by atoms with Crippen LogP contribution < -0.4 is 4.90 Å². The number of rotatable bonds is 3. The van der Waals surface area contributed by atoms with Crippen molar-refractivity contribution in [2.75, 3.05) is 24.5 Å². The van der Waals surface area contributed by atoms with Gasteiger partial charge >= 0.3 is 0 Å². The Bertz CT molecular complexity index is 1290. The summed E-state index contributed by atoms with van der Waals surface area (Å²) < 4.78 is 0. The summed E-state index contributed by atoms with van der Waals surface area (Å²) in [5.74, 6) is -0.0799. The largest absolute Gasteiger partial charge is 0.307 e. The molecule has 5 rings (SSSR count). The highest BCUT2D eigenvalue weighted by atomic mass is 35.5. The Balaban J connectivity index is 1.38. The quantitative estimate of drug-likeness (QED) is 0.429. The fourth-order valence-electron chi connectivity index (χ4n) is 5.28. The topological polar surface area (TPSA) is 47.3 Å². The van der Waals surface area contributed by atoms with Gasteiger partial charge in [-0.2, -0.15) is 5.26 Å². The van der Waals surface area contributed by atoms with E-state index in [0.29, 0.717) is 27.7 Å². The molecule has 0 aromatic heterocycles. The molecule has 2 aliphatic rings. The van der Waals surface area contributed by atoms with Gasteiger partial charge in [-0.3, -0.25) is 9.69 Å². The number of aryl methyl sites for hydroxylation is 1. The van der Waals surface area contributed by atoms with Gasteiger partial charge in [-0.1, -0.05) is 53.0 Å². The van der Waals surface area contributed by atoms with Crippen LogP contribution in [0.15, 0.2) is 60.7 Å². The maximum atomic E-state index is 13.6. The molecule has 2 aliphatic heterocycles. The lowest BCUT2D eigenvalue weighted by Gasteiger charge is -2.40. The van der Waals surface area contributed by atoms with E-state index in [1.54, 1.807) is 18.2 Å². The Kier molecular flexibility index (Phi) is 6.12. The maximum Gasteiger partial charge on any atom is 0.259 e. The summed E-state index contributed by atoms with van der Waals surface area (Å²) in [4.78, 5) is 17.9. The predicted molar refractivity (Wildman–Crippen MR) is 137 cm³/mol. The zero-order valence-corrected chi connectivity index (χ0v) is 20.5. The van der Waals surface area contributed by atoms with Crippen molar-refractivity contribution in [3.63, 3.8) is 0 Å². The summed E-state index contributed by atoms with van der Waals surface area (Å²) in [5.41, 5.74) is 5.78. The minimum Gasteiger partial charge on any atom is -0.307 e. The lowest BCUT2D eigenvalue weighted by Crippen LogP contribution is -2.45. The van der Waals surface area contributed by atoms with E-state index in [9.17, 15) is 4.79 Å². The molecule has 4 nitrogen and oxygen atoms in total. The minimum absolute atomic E-state index is 0.0585. The second-order valence-electron chi connectivity index (χ2n) is 9.40. The van der Waals surface area contributed by atoms with Gasteiger partial charge < -0.3 is 4.90 Å². The van der Waals surface area contributed by atoms with Crippen LogP contribution in [0, 0.1) is 18.3 Å². The van der Waals surface area contributed by atoms with Crippen molar-refractivity contribution >= 4 is 34.8 Å². The zero-order valence-electron chi connectivity index (χ0n) is 19.0. The van der Waals surface area contributed by atoms with E-state index in [4.69, 9.17) is 28.5 Å². The fraction of sp³-hybridized carbons (Fsp3) is 0.286. The number of halogens is 2. The van der Waals surface area contributed by atoms with Crippen molar-refractivity contribution in [3.05, 3.63) is 98.5 Å². The van der Waals surface area contributed by atoms with Gasteiger partial charge in [-0.25, -0.2) is 0 Å². The monoisotopic (exact) mass is 489 g/mol. The number of piperidine rings is 1. The van der Waals surface area contributed by atoms with Gasteiger partial charge in [0.2, 0.25) is 0 Å². The smallest absolute Gasteiger partial charge is 0.259 e. The van der Waals surface area contributed by atoms with Gasteiger partial charge in [0, 0.05) is 29.2 Å². The van der Waals surface area contributed by atoms with Crippen LogP contribution in [0.3, 0.4) is 0 Å². The summed E-state index contributed by atoms with van der Waals surface area (Å²) in [7, 11) is 0. The molecule has 1 fully saturated rings. The van der Waals surface area contributed by atoms with E-state index in [0.717, 1.165) is 38.2 Å². The molecule has 0 radical (unpaired) electrons. The van der Waals surface area contributed by atoms with Crippen LogP contribution in [0.4, 0.5) is 5.69 Å². The molecule has 0 N–H and O–H groups in total. The first-order valence-corrected chi connectivity index (χ1v) is 12.2. The number of anilines is 1. The first-order chi connectivity index (χ1) is 16.4. The Morgan fingerprint density at radius 3 is 2.44 bits per heavy atom. The molecule has 0 aliphatic carbocycles. The average Bonchev–Trinajstić information content (AvgIpc) is 3.14. The third-order valence-corrected chi connectivity index (χ3v) is 7.73. The van der Waals surface area contributed by atoms with E-state index >= 15 is 0 Å². The van der Waals surface area contributed by atoms with E-state index in [1.165, 1.54) is 16.7 Å². The van der Waals surface area contributed by atoms with Gasteiger partial charge in [-0.15, -0.1) is 0 Å². The molecule has 0 saturated carbocycles. The number of amides is 1. The van der Waals surface area contributed by atoms with Gasteiger partial charge in [0.1, 0.15) is 0 Å². The summed E-state index contributed by atoms with van der Waals surface area (Å²) in [5, 5.41) is 9.92. The lowest BCUT2D eigenvalue weighted by atomic mass is 9.74. The molecule has 0 bridgehead atoms. The fourth-order valence-corrected chi connectivity index (χ4v) is 5.77. The van der Waals surface area contributed by atoms with Crippen molar-refractivity contribution in [3.8, 4) is 6.07 Å². The summed E-state index contributed by atoms with van der Waals surface area (Å²) >= 11 is 12.4. The molecule has 172 valence electrons. The molecule has 34 heavy (non-hydrogen) atoms. The summed E-state index contributed by atoms with van der Waals surface area (Å²) in [6.07, 6.45) is 1.97. The van der Waals surface area contributed by atoms with E-state index in [2.05, 4.69) is 36.1 Å². The van der Waals surface area contributed by atoms with E-state index < -0.39 is 0 Å². The summed E-state index contributed by atoms with van der Waals surface area (Å²) in [6.45, 7) is 5.54. The number of benzene rings is 3. The predicted octanol–water partition coefficient (Wildman–Crippen LogP) is 6.37. The van der Waals surface area contributed by atoms with Crippen LogP contribution in [-0.2, 0) is 12.0 Å². The minimum atomic E-state index is -0.0799. The molecule has 3 aromatic rings. The van der Waals surface area contributed by atoms with Crippen LogP contribution in [0.5, 0.6) is 0 Å². The molecule has 1 saturated heterocycles.